The number of nitrogens with one attached hydrogen (secondary N) is 2. The maximum Gasteiger partial charge on any atom is 0.263 e. The van der Waals surface area contributed by atoms with E-state index in [4.69, 9.17) is 16.0 Å². The zero-order chi connectivity index (χ0) is 17.9. The van der Waals surface area contributed by atoms with Crippen LogP contribution < -0.4 is 10.0 Å². The number of benzene rings is 1. The number of sulfonamides is 1. The van der Waals surface area contributed by atoms with Gasteiger partial charge in [-0.15, -0.1) is 0 Å². The van der Waals surface area contributed by atoms with Crippen LogP contribution in [0.4, 0.5) is 5.69 Å². The Bertz CT molecular complexity index is 955. The minimum Gasteiger partial charge on any atom is -0.464 e. The average Bonchev–Trinajstić information content (AvgIpc) is 3.10. The second-order valence-electron chi connectivity index (χ2n) is 5.31. The molecule has 0 bridgehead atoms. The van der Waals surface area contributed by atoms with E-state index in [1.165, 1.54) is 24.6 Å². The van der Waals surface area contributed by atoms with E-state index in [0.29, 0.717) is 23.6 Å². The zero-order valence-electron chi connectivity index (χ0n) is 13.4. The van der Waals surface area contributed by atoms with Crippen molar-refractivity contribution in [3.8, 4) is 11.3 Å². The third-order valence-electron chi connectivity index (χ3n) is 3.51. The summed E-state index contributed by atoms with van der Waals surface area (Å²) in [5.41, 5.74) is 2.01. The second kappa shape index (κ2) is 7.26. The summed E-state index contributed by atoms with van der Waals surface area (Å²) in [6.07, 6.45) is 2.76. The van der Waals surface area contributed by atoms with Gasteiger partial charge in [0.1, 0.15) is 15.8 Å². The first-order valence-electron chi connectivity index (χ1n) is 7.45. The second-order valence-corrected chi connectivity index (χ2v) is 7.38. The third kappa shape index (κ3) is 4.01. The summed E-state index contributed by atoms with van der Waals surface area (Å²) in [7, 11) is -1.99. The van der Waals surface area contributed by atoms with Gasteiger partial charge in [-0.25, -0.2) is 13.4 Å². The predicted molar refractivity (Wildman–Crippen MR) is 97.0 cm³/mol. The van der Waals surface area contributed by atoms with Crippen LogP contribution in [-0.2, 0) is 16.6 Å². The van der Waals surface area contributed by atoms with E-state index < -0.39 is 10.0 Å². The molecule has 0 aliphatic rings. The molecule has 25 heavy (non-hydrogen) atoms. The van der Waals surface area contributed by atoms with Gasteiger partial charge in [-0.1, -0.05) is 17.7 Å². The molecule has 3 aromatic rings. The average molecular weight is 378 g/mol. The van der Waals surface area contributed by atoms with E-state index in [-0.39, 0.29) is 10.0 Å². The lowest BCUT2D eigenvalue weighted by Crippen LogP contribution is -2.14. The van der Waals surface area contributed by atoms with Crippen LogP contribution in [0.5, 0.6) is 0 Å². The Balaban J connectivity index is 2.02. The molecule has 6 nitrogen and oxygen atoms in total. The first kappa shape index (κ1) is 17.5. The largest absolute Gasteiger partial charge is 0.464 e. The topological polar surface area (TPSA) is 84.2 Å². The normalized spacial score (nSPS) is 11.4. The first-order chi connectivity index (χ1) is 12.0. The fraction of sp³-hybridized carbons (Fsp3) is 0.118. The molecule has 2 aromatic heterocycles. The highest BCUT2D eigenvalue weighted by Gasteiger charge is 2.18. The summed E-state index contributed by atoms with van der Waals surface area (Å²) in [6, 6.07) is 11.9. The molecule has 0 spiro atoms. The minimum absolute atomic E-state index is 0.0290. The summed E-state index contributed by atoms with van der Waals surface area (Å²) in [6.45, 7) is 0.607. The minimum atomic E-state index is -3.81. The lowest BCUT2D eigenvalue weighted by atomic mass is 10.1. The number of nitrogens with zero attached hydrogens (tertiary/aromatic N) is 1. The molecule has 0 saturated heterocycles. The maximum absolute atomic E-state index is 12.7. The van der Waals surface area contributed by atoms with Gasteiger partial charge in [-0.3, -0.25) is 4.72 Å². The van der Waals surface area contributed by atoms with E-state index in [0.717, 1.165) is 5.56 Å². The highest BCUT2D eigenvalue weighted by Crippen LogP contribution is 2.31. The Kier molecular flexibility index (Phi) is 5.08. The van der Waals surface area contributed by atoms with E-state index in [2.05, 4.69) is 15.0 Å². The fourth-order valence-electron chi connectivity index (χ4n) is 2.36. The van der Waals surface area contributed by atoms with Gasteiger partial charge in [0, 0.05) is 18.3 Å². The third-order valence-corrected chi connectivity index (χ3v) is 5.08. The Morgan fingerprint density at radius 1 is 1.20 bits per heavy atom. The van der Waals surface area contributed by atoms with Crippen LogP contribution >= 0.6 is 11.6 Å². The summed E-state index contributed by atoms with van der Waals surface area (Å²) in [5, 5.41) is 3.27. The molecule has 3 rings (SSSR count). The number of hydrogen-bond donors (Lipinski definition) is 2. The van der Waals surface area contributed by atoms with Crippen molar-refractivity contribution in [2.24, 2.45) is 0 Å². The summed E-state index contributed by atoms with van der Waals surface area (Å²) >= 11 is 5.72. The molecule has 2 heterocycles. The molecule has 0 atom stereocenters. The molecular weight excluding hydrogens is 362 g/mol. The van der Waals surface area contributed by atoms with Crippen molar-refractivity contribution in [1.29, 1.82) is 0 Å². The Morgan fingerprint density at radius 3 is 2.68 bits per heavy atom. The van der Waals surface area contributed by atoms with Crippen molar-refractivity contribution in [2.45, 2.75) is 11.4 Å². The van der Waals surface area contributed by atoms with Gasteiger partial charge >= 0.3 is 0 Å². The fourth-order valence-corrected chi connectivity index (χ4v) is 3.49. The summed E-state index contributed by atoms with van der Waals surface area (Å²) < 4.78 is 33.4. The molecule has 0 saturated carbocycles. The van der Waals surface area contributed by atoms with Crippen LogP contribution in [0.1, 0.15) is 5.56 Å². The molecule has 0 amide bonds. The lowest BCUT2D eigenvalue weighted by Gasteiger charge is -2.13. The molecule has 0 unspecified atom stereocenters. The van der Waals surface area contributed by atoms with E-state index >= 15 is 0 Å². The van der Waals surface area contributed by atoms with Crippen LogP contribution in [0.3, 0.4) is 0 Å². The number of halogens is 1. The van der Waals surface area contributed by atoms with Crippen molar-refractivity contribution in [3.63, 3.8) is 0 Å². The van der Waals surface area contributed by atoms with Gasteiger partial charge in [0.05, 0.1) is 12.0 Å². The molecule has 0 aliphatic heterocycles. The van der Waals surface area contributed by atoms with Gasteiger partial charge in [0.2, 0.25) is 0 Å². The highest BCUT2D eigenvalue weighted by molar-refractivity contribution is 7.92. The SMILES string of the molecule is CNCc1ccc(-c2ccco2)c(NS(=O)(=O)c2ccc(Cl)nc2)c1. The van der Waals surface area contributed by atoms with Gasteiger partial charge in [0.15, 0.2) is 0 Å². The molecule has 130 valence electrons. The molecule has 0 aliphatic carbocycles. The van der Waals surface area contributed by atoms with Crippen molar-refractivity contribution >= 4 is 27.3 Å². The Hall–Kier alpha value is -2.35. The zero-order valence-corrected chi connectivity index (χ0v) is 14.9. The number of aromatic nitrogens is 1. The number of anilines is 1. The molecule has 8 heteroatoms. The number of furan rings is 1. The van der Waals surface area contributed by atoms with Crippen molar-refractivity contribution in [3.05, 3.63) is 65.6 Å². The van der Waals surface area contributed by atoms with E-state index in [1.54, 1.807) is 18.2 Å². The Morgan fingerprint density at radius 2 is 2.04 bits per heavy atom. The number of hydrogen-bond acceptors (Lipinski definition) is 5. The van der Waals surface area contributed by atoms with Crippen molar-refractivity contribution in [1.82, 2.24) is 10.3 Å². The van der Waals surface area contributed by atoms with Crippen molar-refractivity contribution < 1.29 is 12.8 Å². The monoisotopic (exact) mass is 377 g/mol. The molecule has 0 radical (unpaired) electrons. The Labute approximate surface area is 150 Å². The van der Waals surface area contributed by atoms with Gasteiger partial charge in [-0.05, 0) is 49.0 Å². The molecule has 1 aromatic carbocycles. The van der Waals surface area contributed by atoms with Crippen LogP contribution in [0, 0.1) is 0 Å². The number of rotatable bonds is 6. The molecular formula is C17H16ClN3O3S. The maximum atomic E-state index is 12.7. The van der Waals surface area contributed by atoms with Crippen LogP contribution in [0.25, 0.3) is 11.3 Å². The predicted octanol–water partition coefficient (Wildman–Crippen LogP) is 3.52. The molecule has 2 N–H and O–H groups in total. The van der Waals surface area contributed by atoms with Crippen LogP contribution in [0.15, 0.2) is 64.2 Å². The van der Waals surface area contributed by atoms with E-state index in [1.807, 2.05) is 19.2 Å². The highest BCUT2D eigenvalue weighted by atomic mass is 35.5. The summed E-state index contributed by atoms with van der Waals surface area (Å²) in [5.74, 6) is 0.572. The van der Waals surface area contributed by atoms with Gasteiger partial charge < -0.3 is 9.73 Å². The lowest BCUT2D eigenvalue weighted by molar-refractivity contribution is 0.582. The standard InChI is InChI=1S/C17H16ClN3O3S/c1-19-10-12-4-6-14(16-3-2-8-24-16)15(9-12)21-25(22,23)13-5-7-17(18)20-11-13/h2-9,11,19,21H,10H2,1H3. The molecule has 0 fully saturated rings. The van der Waals surface area contributed by atoms with Crippen molar-refractivity contribution in [2.75, 3.05) is 11.8 Å². The first-order valence-corrected chi connectivity index (χ1v) is 9.31. The van der Waals surface area contributed by atoms with Crippen LogP contribution in [-0.4, -0.2) is 20.4 Å². The number of pyridine rings is 1. The van der Waals surface area contributed by atoms with Gasteiger partial charge in [0.25, 0.3) is 10.0 Å². The van der Waals surface area contributed by atoms with Crippen LogP contribution in [0.2, 0.25) is 5.15 Å². The quantitative estimate of drug-likeness (QED) is 0.642. The van der Waals surface area contributed by atoms with E-state index in [9.17, 15) is 8.42 Å². The summed E-state index contributed by atoms with van der Waals surface area (Å²) in [4.78, 5) is 3.85. The smallest absolute Gasteiger partial charge is 0.263 e. The van der Waals surface area contributed by atoms with Gasteiger partial charge in [-0.2, -0.15) is 0 Å².